The molecular weight excluding hydrogens is 641 g/mol. The van der Waals surface area contributed by atoms with Gasteiger partial charge in [-0.25, -0.2) is 0 Å². The molecule has 0 radical (unpaired) electrons. The number of aromatic hydroxyl groups is 1. The molecular formula is C48H54O4. The maximum Gasteiger partial charge on any atom is 0.197 e. The van der Waals surface area contributed by atoms with Gasteiger partial charge in [-0.15, -0.1) is 0 Å². The zero-order valence-corrected chi connectivity index (χ0v) is 31.8. The molecule has 0 bridgehead atoms. The Morgan fingerprint density at radius 3 is 1.96 bits per heavy atom. The predicted molar refractivity (Wildman–Crippen MR) is 216 cm³/mol. The maximum absolute atomic E-state index is 9.01. The first-order chi connectivity index (χ1) is 25.2. The van der Waals surface area contributed by atoms with Crippen LogP contribution in [-0.2, 0) is 11.2 Å². The summed E-state index contributed by atoms with van der Waals surface area (Å²) in [5.41, 5.74) is 6.66. The van der Waals surface area contributed by atoms with Crippen LogP contribution in [0.2, 0.25) is 0 Å². The van der Waals surface area contributed by atoms with E-state index in [0.717, 1.165) is 30.8 Å². The number of phenols is 1. The maximum atomic E-state index is 9.01. The molecule has 6 unspecified atom stereocenters. The van der Waals surface area contributed by atoms with Gasteiger partial charge < -0.3 is 19.3 Å². The Kier molecular flexibility index (Phi) is 11.9. The molecule has 0 fully saturated rings. The van der Waals surface area contributed by atoms with Crippen molar-refractivity contribution in [3.05, 3.63) is 149 Å². The van der Waals surface area contributed by atoms with E-state index in [-0.39, 0.29) is 12.4 Å². The van der Waals surface area contributed by atoms with Crippen molar-refractivity contribution < 1.29 is 19.3 Å². The van der Waals surface area contributed by atoms with Crippen molar-refractivity contribution in [3.63, 3.8) is 0 Å². The Morgan fingerprint density at radius 1 is 0.692 bits per heavy atom. The molecule has 6 atom stereocenters. The van der Waals surface area contributed by atoms with Gasteiger partial charge in [-0.1, -0.05) is 120 Å². The fraction of sp³-hybridized carbons (Fsp3) is 0.333. The summed E-state index contributed by atoms with van der Waals surface area (Å²) in [4.78, 5) is 0. The Morgan fingerprint density at radius 2 is 1.29 bits per heavy atom. The van der Waals surface area contributed by atoms with Gasteiger partial charge in [0.1, 0.15) is 23.4 Å². The van der Waals surface area contributed by atoms with Crippen LogP contribution in [0.5, 0.6) is 17.2 Å². The fourth-order valence-electron chi connectivity index (χ4n) is 7.27. The van der Waals surface area contributed by atoms with Crippen molar-refractivity contribution in [1.82, 2.24) is 0 Å². The third kappa shape index (κ3) is 8.29. The fourth-order valence-corrected chi connectivity index (χ4v) is 7.27. The third-order valence-electron chi connectivity index (χ3n) is 11.0. The normalized spacial score (nSPS) is 18.6. The largest absolute Gasteiger partial charge is 0.508 e. The topological polar surface area (TPSA) is 47.9 Å². The molecule has 4 nitrogen and oxygen atoms in total. The van der Waals surface area contributed by atoms with E-state index in [1.54, 1.807) is 12.1 Å². The number of benzene rings is 6. The second-order valence-corrected chi connectivity index (χ2v) is 14.5. The SMILES string of the molecule is CC1Oc2ccccc2C1C.CCC(C)c1ccc(O)cc1.CCC(C)c1ccc(OC(C)OC2Cc3c4ccccc4cc4cccc2c34)cc1. The molecule has 0 saturated carbocycles. The van der Waals surface area contributed by atoms with Crippen molar-refractivity contribution in [2.45, 2.75) is 104 Å². The van der Waals surface area contributed by atoms with E-state index >= 15 is 0 Å². The van der Waals surface area contributed by atoms with Gasteiger partial charge in [0.15, 0.2) is 6.29 Å². The highest BCUT2D eigenvalue weighted by atomic mass is 16.7. The van der Waals surface area contributed by atoms with Crippen LogP contribution in [0.1, 0.15) is 113 Å². The molecule has 1 aliphatic carbocycles. The molecule has 0 aromatic heterocycles. The van der Waals surface area contributed by atoms with E-state index in [4.69, 9.17) is 19.3 Å². The Balaban J connectivity index is 0.000000172. The summed E-state index contributed by atoms with van der Waals surface area (Å²) >= 11 is 0. The highest BCUT2D eigenvalue weighted by molar-refractivity contribution is 6.05. The lowest BCUT2D eigenvalue weighted by molar-refractivity contribution is -0.107. The minimum atomic E-state index is -0.319. The second kappa shape index (κ2) is 16.7. The Bertz CT molecular complexity index is 2070. The van der Waals surface area contributed by atoms with Crippen LogP contribution in [0, 0.1) is 0 Å². The Labute approximate surface area is 310 Å². The first-order valence-electron chi connectivity index (χ1n) is 19.1. The summed E-state index contributed by atoms with van der Waals surface area (Å²) < 4.78 is 18.1. The van der Waals surface area contributed by atoms with Crippen LogP contribution in [-0.4, -0.2) is 17.5 Å². The van der Waals surface area contributed by atoms with E-state index < -0.39 is 0 Å². The number of rotatable bonds is 8. The predicted octanol–water partition coefficient (Wildman–Crippen LogP) is 13.0. The van der Waals surface area contributed by atoms with Gasteiger partial charge in [-0.2, -0.15) is 0 Å². The lowest BCUT2D eigenvalue weighted by Crippen LogP contribution is -2.19. The molecule has 52 heavy (non-hydrogen) atoms. The summed E-state index contributed by atoms with van der Waals surface area (Å²) in [6.45, 7) is 15.1. The van der Waals surface area contributed by atoms with Crippen molar-refractivity contribution in [2.75, 3.05) is 0 Å². The van der Waals surface area contributed by atoms with Crippen molar-refractivity contribution >= 4 is 21.5 Å². The molecule has 6 aromatic carbocycles. The number of hydrogen-bond donors (Lipinski definition) is 1. The van der Waals surface area contributed by atoms with Gasteiger partial charge in [-0.3, -0.25) is 0 Å². The van der Waals surface area contributed by atoms with E-state index in [0.29, 0.717) is 29.6 Å². The molecule has 2 aliphatic rings. The zero-order chi connectivity index (χ0) is 36.8. The minimum absolute atomic E-state index is 0.0175. The second-order valence-electron chi connectivity index (χ2n) is 14.5. The number of para-hydroxylation sites is 1. The average Bonchev–Trinajstić information content (AvgIpc) is 3.68. The molecule has 0 spiro atoms. The lowest BCUT2D eigenvalue weighted by Gasteiger charge is -2.21. The molecule has 270 valence electrons. The molecule has 0 amide bonds. The van der Waals surface area contributed by atoms with Gasteiger partial charge in [0.25, 0.3) is 0 Å². The highest BCUT2D eigenvalue weighted by Crippen LogP contribution is 2.43. The van der Waals surface area contributed by atoms with E-state index in [9.17, 15) is 0 Å². The third-order valence-corrected chi connectivity index (χ3v) is 11.0. The summed E-state index contributed by atoms with van der Waals surface area (Å²) in [5.74, 6) is 3.97. The van der Waals surface area contributed by atoms with Crippen LogP contribution in [0.4, 0.5) is 0 Å². The summed E-state index contributed by atoms with van der Waals surface area (Å²) in [5, 5.41) is 14.3. The smallest absolute Gasteiger partial charge is 0.197 e. The van der Waals surface area contributed by atoms with Crippen LogP contribution >= 0.6 is 0 Å². The monoisotopic (exact) mass is 694 g/mol. The summed E-state index contributed by atoms with van der Waals surface area (Å²) in [6.07, 6.45) is 3.21. The number of ether oxygens (including phenoxy) is 3. The summed E-state index contributed by atoms with van der Waals surface area (Å²) in [7, 11) is 0. The first kappa shape index (κ1) is 37.0. The molecule has 8 rings (SSSR count). The van der Waals surface area contributed by atoms with Gasteiger partial charge in [0, 0.05) is 17.9 Å². The molecule has 1 N–H and O–H groups in total. The van der Waals surface area contributed by atoms with Crippen LogP contribution in [0.15, 0.2) is 121 Å². The van der Waals surface area contributed by atoms with Crippen LogP contribution < -0.4 is 9.47 Å². The van der Waals surface area contributed by atoms with E-state index in [1.807, 2.05) is 31.2 Å². The molecule has 6 aromatic rings. The quantitative estimate of drug-likeness (QED) is 0.127. The number of phenolic OH excluding ortho intramolecular Hbond substituents is 1. The standard InChI is InChI=1S/C28H28O2.C10H12O.C10H14O/c1-4-18(2)20-12-14-23(15-13-20)29-19(3)30-27-17-26-24-10-6-5-8-21(24)16-22-9-7-11-25(27)28(22)26;1-7-8(2)11-10-6-4-3-5-9(7)10;1-3-8(2)9-4-6-10(11)7-5-9/h5-16,18-19,27H,4,17H2,1-3H3;3-8H,1-2H3;4-8,11H,3H2,1-2H3. The molecule has 1 aliphatic heterocycles. The Hall–Kier alpha value is -4.80. The van der Waals surface area contributed by atoms with Crippen LogP contribution in [0.3, 0.4) is 0 Å². The number of fused-ring (bicyclic) bond motifs is 3. The van der Waals surface area contributed by atoms with Gasteiger partial charge >= 0.3 is 0 Å². The van der Waals surface area contributed by atoms with Crippen LogP contribution in [0.25, 0.3) is 21.5 Å². The number of hydrogen-bond acceptors (Lipinski definition) is 4. The van der Waals surface area contributed by atoms with E-state index in [2.05, 4.69) is 126 Å². The van der Waals surface area contributed by atoms with E-state index in [1.165, 1.54) is 49.4 Å². The molecule has 0 saturated heterocycles. The zero-order valence-electron chi connectivity index (χ0n) is 31.8. The van der Waals surface area contributed by atoms with Gasteiger partial charge in [0.05, 0.1) is 6.10 Å². The summed E-state index contributed by atoms with van der Waals surface area (Å²) in [6, 6.07) is 41.6. The minimum Gasteiger partial charge on any atom is -0.508 e. The average molecular weight is 695 g/mol. The van der Waals surface area contributed by atoms with Crippen molar-refractivity contribution in [1.29, 1.82) is 0 Å². The lowest BCUT2D eigenvalue weighted by atomic mass is 9.98. The first-order valence-corrected chi connectivity index (χ1v) is 19.1. The molecule has 1 heterocycles. The van der Waals surface area contributed by atoms with Crippen molar-refractivity contribution in [3.8, 4) is 17.2 Å². The highest BCUT2D eigenvalue weighted by Gasteiger charge is 2.29. The van der Waals surface area contributed by atoms with Gasteiger partial charge in [0.2, 0.25) is 0 Å². The van der Waals surface area contributed by atoms with Crippen molar-refractivity contribution in [2.24, 2.45) is 0 Å². The molecule has 4 heteroatoms. The van der Waals surface area contributed by atoms with Gasteiger partial charge in [-0.05, 0) is 119 Å².